The number of aldehydes is 1. The Hall–Kier alpha value is -1.72. The van der Waals surface area contributed by atoms with Crippen LogP contribution in [0.25, 0.3) is 0 Å². The molecule has 6 heteroatoms. The highest BCUT2D eigenvalue weighted by atomic mass is 16.6. The quantitative estimate of drug-likeness (QED) is 0.541. The number of rotatable bonds is 2. The van der Waals surface area contributed by atoms with Gasteiger partial charge in [-0.2, -0.15) is 0 Å². The van der Waals surface area contributed by atoms with Crippen LogP contribution in [0.15, 0.2) is 0 Å². The van der Waals surface area contributed by atoms with Crippen molar-refractivity contribution in [3.8, 4) is 0 Å². The zero-order chi connectivity index (χ0) is 20.2. The third-order valence-corrected chi connectivity index (χ3v) is 5.78. The van der Waals surface area contributed by atoms with E-state index in [1.807, 2.05) is 27.7 Å². The zero-order valence-electron chi connectivity index (χ0n) is 17.1. The number of amides is 1. The van der Waals surface area contributed by atoms with Gasteiger partial charge >= 0.3 is 6.09 Å². The van der Waals surface area contributed by atoms with E-state index in [-0.39, 0.29) is 42.3 Å². The molecule has 152 valence electrons. The standard InChI is InChI=1S/C21H33NO5/c1-15-13-16(8-12-23)21(18(25)14-15)9-6-11-22(10-5-7-17(21)24)19(26)27-20(2,3)4/h12,15-16H,5-11,13-14H2,1-4H3/t15-,16-,21+/m1/s1. The van der Waals surface area contributed by atoms with Gasteiger partial charge in [0.15, 0.2) is 0 Å². The number of ether oxygens (including phenoxy) is 1. The predicted molar refractivity (Wildman–Crippen MR) is 101 cm³/mol. The van der Waals surface area contributed by atoms with E-state index >= 15 is 0 Å². The molecule has 2 rings (SSSR count). The summed E-state index contributed by atoms with van der Waals surface area (Å²) in [6, 6.07) is 0. The maximum Gasteiger partial charge on any atom is 0.410 e. The van der Waals surface area contributed by atoms with Gasteiger partial charge in [0.1, 0.15) is 23.5 Å². The van der Waals surface area contributed by atoms with Crippen molar-refractivity contribution in [2.45, 2.75) is 78.2 Å². The van der Waals surface area contributed by atoms with Gasteiger partial charge in [0.2, 0.25) is 0 Å². The largest absolute Gasteiger partial charge is 0.444 e. The van der Waals surface area contributed by atoms with E-state index in [0.717, 1.165) is 12.7 Å². The molecule has 2 aliphatic rings. The molecule has 0 radical (unpaired) electrons. The van der Waals surface area contributed by atoms with Crippen LogP contribution < -0.4 is 0 Å². The number of hydrogen-bond donors (Lipinski definition) is 0. The fraction of sp³-hybridized carbons (Fsp3) is 0.810. The third-order valence-electron chi connectivity index (χ3n) is 5.78. The molecule has 1 aliphatic carbocycles. The second-order valence-corrected chi connectivity index (χ2v) is 9.14. The van der Waals surface area contributed by atoms with E-state index in [4.69, 9.17) is 4.74 Å². The first-order valence-corrected chi connectivity index (χ1v) is 10.1. The SMILES string of the molecule is C[C@H]1CC(=O)[C@@]2(CCCN(C(=O)OC(C)(C)C)CCCC2=O)[C@H](CC=O)C1. The Morgan fingerprint density at radius 1 is 1.22 bits per heavy atom. The molecule has 3 atom stereocenters. The Kier molecular flexibility index (Phi) is 6.82. The van der Waals surface area contributed by atoms with Crippen LogP contribution in [0, 0.1) is 17.3 Å². The smallest absolute Gasteiger partial charge is 0.410 e. The summed E-state index contributed by atoms with van der Waals surface area (Å²) in [5.41, 5.74) is -1.62. The number of hydrogen-bond acceptors (Lipinski definition) is 5. The van der Waals surface area contributed by atoms with Gasteiger partial charge in [-0.05, 0) is 58.3 Å². The predicted octanol–water partition coefficient (Wildman–Crippen LogP) is 3.56. The van der Waals surface area contributed by atoms with Gasteiger partial charge in [-0.3, -0.25) is 9.59 Å². The molecule has 1 amide bonds. The van der Waals surface area contributed by atoms with E-state index < -0.39 is 11.0 Å². The lowest BCUT2D eigenvalue weighted by molar-refractivity contribution is -0.150. The molecular formula is C21H33NO5. The van der Waals surface area contributed by atoms with Crippen LogP contribution in [0.2, 0.25) is 0 Å². The van der Waals surface area contributed by atoms with Gasteiger partial charge in [-0.25, -0.2) is 4.79 Å². The third kappa shape index (κ3) is 4.96. The minimum absolute atomic E-state index is 0.0104. The second kappa shape index (κ2) is 8.53. The Balaban J connectivity index is 2.21. The summed E-state index contributed by atoms with van der Waals surface area (Å²) >= 11 is 0. The van der Waals surface area contributed by atoms with Gasteiger partial charge in [0.05, 0.1) is 5.41 Å². The Bertz CT molecular complexity index is 594. The highest BCUT2D eigenvalue weighted by Crippen LogP contribution is 2.47. The summed E-state index contributed by atoms with van der Waals surface area (Å²) in [5.74, 6) is -0.0697. The summed E-state index contributed by atoms with van der Waals surface area (Å²) in [6.45, 7) is 8.38. The molecule has 1 saturated heterocycles. The van der Waals surface area contributed by atoms with Crippen LogP contribution in [0.5, 0.6) is 0 Å². The molecule has 0 bridgehead atoms. The lowest BCUT2D eigenvalue weighted by atomic mass is 9.57. The van der Waals surface area contributed by atoms with Crippen molar-refractivity contribution in [2.75, 3.05) is 13.1 Å². The number of carbonyl (C=O) groups is 4. The van der Waals surface area contributed by atoms with Crippen LogP contribution >= 0.6 is 0 Å². The van der Waals surface area contributed by atoms with Gasteiger partial charge in [-0.1, -0.05) is 6.92 Å². The summed E-state index contributed by atoms with van der Waals surface area (Å²) < 4.78 is 5.46. The molecule has 1 aliphatic heterocycles. The van der Waals surface area contributed by atoms with Crippen LogP contribution in [0.4, 0.5) is 4.79 Å². The van der Waals surface area contributed by atoms with E-state index in [0.29, 0.717) is 38.8 Å². The minimum atomic E-state index is -1.04. The summed E-state index contributed by atoms with van der Waals surface area (Å²) in [6.07, 6.45) is 3.57. The molecule has 1 spiro atoms. The van der Waals surface area contributed by atoms with Crippen molar-refractivity contribution in [3.05, 3.63) is 0 Å². The van der Waals surface area contributed by atoms with Crippen molar-refractivity contribution < 1.29 is 23.9 Å². The fourth-order valence-corrected chi connectivity index (χ4v) is 4.60. The van der Waals surface area contributed by atoms with Crippen LogP contribution in [-0.4, -0.2) is 47.5 Å². The molecular weight excluding hydrogens is 346 g/mol. The average molecular weight is 379 g/mol. The molecule has 6 nitrogen and oxygen atoms in total. The Labute approximate surface area is 162 Å². The van der Waals surface area contributed by atoms with E-state index in [1.54, 1.807) is 4.90 Å². The lowest BCUT2D eigenvalue weighted by Crippen LogP contribution is -2.50. The van der Waals surface area contributed by atoms with Gasteiger partial charge in [0.25, 0.3) is 0 Å². The van der Waals surface area contributed by atoms with Crippen molar-refractivity contribution in [1.82, 2.24) is 4.90 Å². The first-order chi connectivity index (χ1) is 12.6. The molecule has 27 heavy (non-hydrogen) atoms. The van der Waals surface area contributed by atoms with Crippen LogP contribution in [0.3, 0.4) is 0 Å². The highest BCUT2D eigenvalue weighted by Gasteiger charge is 2.53. The summed E-state index contributed by atoms with van der Waals surface area (Å²) in [5, 5.41) is 0. The Morgan fingerprint density at radius 2 is 1.89 bits per heavy atom. The Morgan fingerprint density at radius 3 is 2.52 bits per heavy atom. The van der Waals surface area contributed by atoms with Gasteiger partial charge in [0, 0.05) is 32.4 Å². The van der Waals surface area contributed by atoms with Crippen molar-refractivity contribution in [2.24, 2.45) is 17.3 Å². The van der Waals surface area contributed by atoms with Crippen LogP contribution in [-0.2, 0) is 19.1 Å². The second-order valence-electron chi connectivity index (χ2n) is 9.14. The summed E-state index contributed by atoms with van der Waals surface area (Å²) in [7, 11) is 0. The number of nitrogens with zero attached hydrogens (tertiary/aromatic N) is 1. The number of carbonyl (C=O) groups excluding carboxylic acids is 4. The molecule has 1 saturated carbocycles. The zero-order valence-corrected chi connectivity index (χ0v) is 17.1. The molecule has 0 N–H and O–H groups in total. The fourth-order valence-electron chi connectivity index (χ4n) is 4.60. The molecule has 0 unspecified atom stereocenters. The normalized spacial score (nSPS) is 30.4. The van der Waals surface area contributed by atoms with Crippen molar-refractivity contribution in [1.29, 1.82) is 0 Å². The number of Topliss-reactive ketones (excluding diaryl/α,β-unsaturated/α-hetero) is 2. The van der Waals surface area contributed by atoms with Crippen LogP contribution in [0.1, 0.15) is 72.6 Å². The molecule has 0 aromatic heterocycles. The summed E-state index contributed by atoms with van der Waals surface area (Å²) in [4.78, 5) is 51.4. The first kappa shape index (κ1) is 21.6. The first-order valence-electron chi connectivity index (χ1n) is 10.1. The molecule has 2 fully saturated rings. The highest BCUT2D eigenvalue weighted by molar-refractivity contribution is 6.08. The van der Waals surface area contributed by atoms with Crippen molar-refractivity contribution >= 4 is 23.9 Å². The maximum atomic E-state index is 13.1. The minimum Gasteiger partial charge on any atom is -0.444 e. The lowest BCUT2D eigenvalue weighted by Gasteiger charge is -2.43. The average Bonchev–Trinajstić information content (AvgIpc) is 2.61. The molecule has 0 aromatic rings. The maximum absolute atomic E-state index is 13.1. The topological polar surface area (TPSA) is 80.8 Å². The molecule has 0 aromatic carbocycles. The van der Waals surface area contributed by atoms with E-state index in [9.17, 15) is 19.2 Å². The van der Waals surface area contributed by atoms with E-state index in [2.05, 4.69) is 0 Å². The molecule has 1 heterocycles. The number of ketones is 2. The van der Waals surface area contributed by atoms with E-state index in [1.165, 1.54) is 0 Å². The van der Waals surface area contributed by atoms with Gasteiger partial charge < -0.3 is 14.4 Å². The van der Waals surface area contributed by atoms with Crippen molar-refractivity contribution in [3.63, 3.8) is 0 Å². The van der Waals surface area contributed by atoms with Gasteiger partial charge in [-0.15, -0.1) is 0 Å². The monoisotopic (exact) mass is 379 g/mol.